The average molecular weight is 384 g/mol. The highest BCUT2D eigenvalue weighted by molar-refractivity contribution is 7.91. The fourth-order valence-electron chi connectivity index (χ4n) is 3.73. The Hall–Kier alpha value is -1.36. The third kappa shape index (κ3) is 3.76. The van der Waals surface area contributed by atoms with Crippen molar-refractivity contribution in [2.45, 2.75) is 31.2 Å². The van der Waals surface area contributed by atoms with Gasteiger partial charge in [-0.05, 0) is 12.8 Å². The molecule has 3 saturated heterocycles. The van der Waals surface area contributed by atoms with Crippen molar-refractivity contribution in [3.8, 4) is 0 Å². The number of carbonyl (C=O) groups is 2. The summed E-state index contributed by atoms with van der Waals surface area (Å²) in [5, 5.41) is 0. The molecule has 7 nitrogen and oxygen atoms in total. The van der Waals surface area contributed by atoms with Crippen LogP contribution in [0.3, 0.4) is 0 Å². The van der Waals surface area contributed by atoms with Crippen LogP contribution < -0.4 is 0 Å². The lowest BCUT2D eigenvalue weighted by Crippen LogP contribution is -2.56. The zero-order valence-electron chi connectivity index (χ0n) is 13.4. The van der Waals surface area contributed by atoms with Crippen LogP contribution in [0.15, 0.2) is 0 Å². The molecule has 0 aromatic heterocycles. The molecule has 0 bridgehead atoms. The second kappa shape index (κ2) is 6.42. The molecular weight excluding hydrogens is 365 g/mol. The number of ether oxygens (including phenoxy) is 1. The fourth-order valence-corrected chi connectivity index (χ4v) is 5.60. The number of nitrogens with zero attached hydrogens (tertiary/aromatic N) is 2. The lowest BCUT2D eigenvalue weighted by atomic mass is 9.94. The average Bonchev–Trinajstić information content (AvgIpc) is 2.86. The van der Waals surface area contributed by atoms with E-state index in [9.17, 15) is 31.2 Å². The maximum absolute atomic E-state index is 12.7. The van der Waals surface area contributed by atoms with Crippen LogP contribution >= 0.6 is 0 Å². The van der Waals surface area contributed by atoms with E-state index >= 15 is 0 Å². The molecule has 0 aromatic carbocycles. The quantitative estimate of drug-likeness (QED) is 0.626. The highest BCUT2D eigenvalue weighted by Gasteiger charge is 2.48. The summed E-state index contributed by atoms with van der Waals surface area (Å²) >= 11 is 0. The Bertz CT molecular complexity index is 658. The minimum Gasteiger partial charge on any atom is -0.373 e. The lowest BCUT2D eigenvalue weighted by molar-refractivity contribution is -0.187. The van der Waals surface area contributed by atoms with Gasteiger partial charge in [-0.15, -0.1) is 0 Å². The Labute approximate surface area is 143 Å². The fraction of sp³-hybridized carbons (Fsp3) is 0.857. The van der Waals surface area contributed by atoms with Crippen LogP contribution in [0.25, 0.3) is 0 Å². The smallest absolute Gasteiger partial charge is 0.373 e. The monoisotopic (exact) mass is 384 g/mol. The van der Waals surface area contributed by atoms with Gasteiger partial charge in [0.2, 0.25) is 5.91 Å². The summed E-state index contributed by atoms with van der Waals surface area (Å²) in [6, 6.07) is -0.527. The topological polar surface area (TPSA) is 84.0 Å². The number of halogens is 3. The molecule has 3 aliphatic rings. The van der Waals surface area contributed by atoms with Crippen molar-refractivity contribution < 1.29 is 35.9 Å². The van der Waals surface area contributed by atoms with Crippen LogP contribution in [0.5, 0.6) is 0 Å². The summed E-state index contributed by atoms with van der Waals surface area (Å²) < 4.78 is 66.4. The molecule has 2 atom stereocenters. The highest BCUT2D eigenvalue weighted by Crippen LogP contribution is 2.29. The number of likely N-dealkylation sites (tertiary alicyclic amines) is 1. The van der Waals surface area contributed by atoms with Gasteiger partial charge in [-0.3, -0.25) is 9.59 Å². The molecule has 0 aliphatic carbocycles. The predicted molar refractivity (Wildman–Crippen MR) is 79.3 cm³/mol. The third-order valence-corrected chi connectivity index (χ3v) is 6.68. The Morgan fingerprint density at radius 3 is 2.28 bits per heavy atom. The van der Waals surface area contributed by atoms with Gasteiger partial charge in [0.15, 0.2) is 9.84 Å². The first-order valence-electron chi connectivity index (χ1n) is 8.07. The minimum atomic E-state index is -4.91. The molecule has 3 fully saturated rings. The number of amides is 2. The van der Waals surface area contributed by atoms with Crippen molar-refractivity contribution in [3.63, 3.8) is 0 Å². The zero-order chi connectivity index (χ0) is 18.4. The Balaban J connectivity index is 1.62. The van der Waals surface area contributed by atoms with Crippen LogP contribution in [0, 0.1) is 5.92 Å². The van der Waals surface area contributed by atoms with Crippen LogP contribution in [0.2, 0.25) is 0 Å². The number of morpholine rings is 1. The second-order valence-corrected chi connectivity index (χ2v) is 8.80. The number of sulfone groups is 1. The van der Waals surface area contributed by atoms with E-state index in [2.05, 4.69) is 0 Å². The molecule has 0 N–H and O–H groups in total. The van der Waals surface area contributed by atoms with Crippen molar-refractivity contribution in [3.05, 3.63) is 0 Å². The number of hydrogen-bond donors (Lipinski definition) is 0. The van der Waals surface area contributed by atoms with Crippen LogP contribution in [-0.4, -0.2) is 86.1 Å². The number of carbonyl (C=O) groups excluding carboxylic acids is 2. The molecule has 2 unspecified atom stereocenters. The normalized spacial score (nSPS) is 30.2. The lowest BCUT2D eigenvalue weighted by Gasteiger charge is -2.40. The maximum Gasteiger partial charge on any atom is 0.471 e. The minimum absolute atomic E-state index is 0.111. The van der Waals surface area contributed by atoms with E-state index in [4.69, 9.17) is 4.74 Å². The van der Waals surface area contributed by atoms with E-state index in [1.54, 1.807) is 0 Å². The van der Waals surface area contributed by atoms with Gasteiger partial charge in [0.25, 0.3) is 0 Å². The summed E-state index contributed by atoms with van der Waals surface area (Å²) in [7, 11) is -3.26. The van der Waals surface area contributed by atoms with Crippen molar-refractivity contribution in [1.82, 2.24) is 9.80 Å². The first-order valence-corrected chi connectivity index (χ1v) is 9.89. The predicted octanol–water partition coefficient (Wildman–Crippen LogP) is -0.188. The molecule has 25 heavy (non-hydrogen) atoms. The van der Waals surface area contributed by atoms with Gasteiger partial charge in [-0.1, -0.05) is 0 Å². The van der Waals surface area contributed by atoms with E-state index in [0.717, 1.165) is 0 Å². The molecule has 0 saturated carbocycles. The molecule has 3 rings (SSSR count). The summed E-state index contributed by atoms with van der Waals surface area (Å²) in [4.78, 5) is 26.2. The van der Waals surface area contributed by atoms with Gasteiger partial charge in [-0.2, -0.15) is 13.2 Å². The van der Waals surface area contributed by atoms with Gasteiger partial charge in [0.05, 0.1) is 30.3 Å². The van der Waals surface area contributed by atoms with E-state index < -0.39 is 40.0 Å². The van der Waals surface area contributed by atoms with Crippen LogP contribution in [0.4, 0.5) is 13.2 Å². The molecule has 0 spiro atoms. The van der Waals surface area contributed by atoms with E-state index in [0.29, 0.717) is 4.90 Å². The van der Waals surface area contributed by atoms with Crippen molar-refractivity contribution >= 4 is 21.7 Å². The third-order valence-electron chi connectivity index (χ3n) is 4.99. The van der Waals surface area contributed by atoms with E-state index in [1.165, 1.54) is 4.90 Å². The number of rotatable bonds is 1. The van der Waals surface area contributed by atoms with Gasteiger partial charge < -0.3 is 14.5 Å². The number of piperidine rings is 1. The standard InChI is InChI=1S/C14H19F3N2O5S/c15-14(16,17)13(21)18-3-1-9(2-4-18)12(20)19-5-6-24-11-8-25(22,23)7-10(11)19/h9-11H,1-8H2. The summed E-state index contributed by atoms with van der Waals surface area (Å²) in [6.07, 6.45) is -5.16. The van der Waals surface area contributed by atoms with E-state index in [1.807, 2.05) is 0 Å². The Morgan fingerprint density at radius 2 is 1.68 bits per heavy atom. The maximum atomic E-state index is 12.7. The van der Waals surface area contributed by atoms with Gasteiger partial charge in [0, 0.05) is 25.6 Å². The molecule has 11 heteroatoms. The summed E-state index contributed by atoms with van der Waals surface area (Å²) in [5.41, 5.74) is 0. The second-order valence-electron chi connectivity index (χ2n) is 6.65. The van der Waals surface area contributed by atoms with Gasteiger partial charge in [0.1, 0.15) is 0 Å². The molecule has 3 heterocycles. The van der Waals surface area contributed by atoms with Crippen molar-refractivity contribution in [2.75, 3.05) is 37.7 Å². The number of hydrogen-bond acceptors (Lipinski definition) is 5. The van der Waals surface area contributed by atoms with Crippen molar-refractivity contribution in [1.29, 1.82) is 0 Å². The Morgan fingerprint density at radius 1 is 1.04 bits per heavy atom. The van der Waals surface area contributed by atoms with Gasteiger partial charge >= 0.3 is 12.1 Å². The molecule has 0 aromatic rings. The molecule has 0 radical (unpaired) electrons. The summed E-state index contributed by atoms with van der Waals surface area (Å²) in [6.45, 7) is 0.252. The molecule has 3 aliphatic heterocycles. The molecule has 142 valence electrons. The van der Waals surface area contributed by atoms with Crippen LogP contribution in [0.1, 0.15) is 12.8 Å². The molecule has 2 amide bonds. The first kappa shape index (κ1) is 18.4. The number of alkyl halides is 3. The summed E-state index contributed by atoms with van der Waals surface area (Å²) in [5.74, 6) is -2.89. The zero-order valence-corrected chi connectivity index (χ0v) is 14.2. The molecular formula is C14H19F3N2O5S. The van der Waals surface area contributed by atoms with Crippen LogP contribution in [-0.2, 0) is 24.2 Å². The largest absolute Gasteiger partial charge is 0.471 e. The number of fused-ring (bicyclic) bond motifs is 1. The highest BCUT2D eigenvalue weighted by atomic mass is 32.2. The van der Waals surface area contributed by atoms with E-state index in [-0.39, 0.29) is 56.5 Å². The SMILES string of the molecule is O=C(C1CCN(C(=O)C(F)(F)F)CC1)N1CCOC2CS(=O)(=O)CC21. The Kier molecular flexibility index (Phi) is 4.73. The van der Waals surface area contributed by atoms with Gasteiger partial charge in [-0.25, -0.2) is 8.42 Å². The van der Waals surface area contributed by atoms with Crippen molar-refractivity contribution in [2.24, 2.45) is 5.92 Å². The first-order chi connectivity index (χ1) is 11.6.